The lowest BCUT2D eigenvalue weighted by Gasteiger charge is -2.38. The van der Waals surface area contributed by atoms with Crippen molar-refractivity contribution in [1.82, 2.24) is 15.5 Å². The van der Waals surface area contributed by atoms with E-state index in [0.717, 1.165) is 24.9 Å². The zero-order valence-electron chi connectivity index (χ0n) is 15.7. The molecule has 2 aromatic carbocycles. The average molecular weight is 381 g/mol. The number of carbonyl (C=O) groups is 2. The van der Waals surface area contributed by atoms with Crippen molar-refractivity contribution in [3.63, 3.8) is 0 Å². The molecule has 146 valence electrons. The van der Waals surface area contributed by atoms with E-state index in [4.69, 9.17) is 0 Å². The van der Waals surface area contributed by atoms with Crippen LogP contribution in [0.2, 0.25) is 0 Å². The molecule has 2 aromatic rings. The minimum atomic E-state index is -0.457. The van der Waals surface area contributed by atoms with Crippen molar-refractivity contribution in [1.29, 1.82) is 0 Å². The largest absolute Gasteiger partial charge is 0.353 e. The Morgan fingerprint density at radius 3 is 2.46 bits per heavy atom. The molecule has 1 aliphatic heterocycles. The van der Waals surface area contributed by atoms with Crippen LogP contribution in [0.3, 0.4) is 0 Å². The molecule has 5 nitrogen and oxygen atoms in total. The van der Waals surface area contributed by atoms with Crippen molar-refractivity contribution in [2.24, 2.45) is 0 Å². The molecule has 0 saturated carbocycles. The van der Waals surface area contributed by atoms with Crippen molar-refractivity contribution in [3.8, 4) is 0 Å². The van der Waals surface area contributed by atoms with Crippen LogP contribution in [0.5, 0.6) is 0 Å². The molecule has 0 spiro atoms. The Labute approximate surface area is 163 Å². The summed E-state index contributed by atoms with van der Waals surface area (Å²) in [6, 6.07) is 14.2. The highest BCUT2D eigenvalue weighted by Gasteiger charge is 2.37. The van der Waals surface area contributed by atoms with Crippen molar-refractivity contribution in [2.75, 3.05) is 13.1 Å². The van der Waals surface area contributed by atoms with E-state index < -0.39 is 6.04 Å². The summed E-state index contributed by atoms with van der Waals surface area (Å²) in [5.41, 5.74) is 3.49. The predicted molar refractivity (Wildman–Crippen MR) is 104 cm³/mol. The Morgan fingerprint density at radius 2 is 1.79 bits per heavy atom. The quantitative estimate of drug-likeness (QED) is 0.830. The highest BCUT2D eigenvalue weighted by atomic mass is 19.1. The maximum atomic E-state index is 13.0. The third-order valence-electron chi connectivity index (χ3n) is 5.65. The zero-order chi connectivity index (χ0) is 19.5. The number of hydrogen-bond donors (Lipinski definition) is 2. The number of halogens is 1. The molecule has 6 heteroatoms. The SMILES string of the molecule is O=C(CC1C(=O)NCCN1C1Cc2ccccc2C1)NCc1ccc(F)cc1. The molecule has 1 atom stereocenters. The summed E-state index contributed by atoms with van der Waals surface area (Å²) in [6.07, 6.45) is 1.95. The maximum absolute atomic E-state index is 13.0. The standard InChI is InChI=1S/C22H24FN3O2/c23-18-7-5-15(6-8-18)14-25-21(27)13-20-22(28)24-9-10-26(20)19-11-16-3-1-2-4-17(16)12-19/h1-8,19-20H,9-14H2,(H,24,28)(H,25,27). The lowest BCUT2D eigenvalue weighted by Crippen LogP contribution is -2.59. The van der Waals surface area contributed by atoms with Gasteiger partial charge in [-0.05, 0) is 41.7 Å². The number of nitrogens with one attached hydrogen (secondary N) is 2. The van der Waals surface area contributed by atoms with Gasteiger partial charge in [0.1, 0.15) is 5.82 Å². The van der Waals surface area contributed by atoms with Crippen LogP contribution < -0.4 is 10.6 Å². The second-order valence-corrected chi connectivity index (χ2v) is 7.48. The Kier molecular flexibility index (Phi) is 5.39. The van der Waals surface area contributed by atoms with Crippen LogP contribution in [0, 0.1) is 5.82 Å². The number of fused-ring (bicyclic) bond motifs is 1. The summed E-state index contributed by atoms with van der Waals surface area (Å²) in [5.74, 6) is -0.562. The molecule has 2 N–H and O–H groups in total. The summed E-state index contributed by atoms with van der Waals surface area (Å²) in [6.45, 7) is 1.68. The molecule has 1 heterocycles. The first-order valence-electron chi connectivity index (χ1n) is 9.71. The molecule has 0 aromatic heterocycles. The van der Waals surface area contributed by atoms with Crippen LogP contribution in [-0.4, -0.2) is 41.9 Å². The number of piperazine rings is 1. The van der Waals surface area contributed by atoms with Gasteiger partial charge in [-0.1, -0.05) is 36.4 Å². The third-order valence-corrected chi connectivity index (χ3v) is 5.65. The molecular weight excluding hydrogens is 357 g/mol. The van der Waals surface area contributed by atoms with Gasteiger partial charge >= 0.3 is 0 Å². The lowest BCUT2D eigenvalue weighted by atomic mass is 10.0. The summed E-state index contributed by atoms with van der Waals surface area (Å²) in [4.78, 5) is 27.2. The minimum Gasteiger partial charge on any atom is -0.353 e. The molecule has 1 saturated heterocycles. The van der Waals surface area contributed by atoms with Gasteiger partial charge in [0, 0.05) is 25.7 Å². The number of nitrogens with zero attached hydrogens (tertiary/aromatic N) is 1. The fraction of sp³-hybridized carbons (Fsp3) is 0.364. The van der Waals surface area contributed by atoms with E-state index in [9.17, 15) is 14.0 Å². The van der Waals surface area contributed by atoms with E-state index in [2.05, 4.69) is 27.7 Å². The molecule has 1 fully saturated rings. The maximum Gasteiger partial charge on any atom is 0.237 e. The van der Waals surface area contributed by atoms with E-state index in [1.54, 1.807) is 12.1 Å². The lowest BCUT2D eigenvalue weighted by molar-refractivity contribution is -0.135. The normalized spacial score (nSPS) is 19.9. The topological polar surface area (TPSA) is 61.4 Å². The number of amides is 2. The molecule has 1 unspecified atom stereocenters. The van der Waals surface area contributed by atoms with Crippen molar-refractivity contribution in [2.45, 2.75) is 37.9 Å². The second kappa shape index (κ2) is 8.10. The smallest absolute Gasteiger partial charge is 0.237 e. The van der Waals surface area contributed by atoms with Gasteiger partial charge in [-0.2, -0.15) is 0 Å². The van der Waals surface area contributed by atoms with Crippen LogP contribution in [0.1, 0.15) is 23.1 Å². The predicted octanol–water partition coefficient (Wildman–Crippen LogP) is 1.80. The first-order valence-corrected chi connectivity index (χ1v) is 9.71. The summed E-state index contributed by atoms with van der Waals surface area (Å²) < 4.78 is 13.0. The fourth-order valence-electron chi connectivity index (χ4n) is 4.20. The van der Waals surface area contributed by atoms with Crippen LogP contribution in [-0.2, 0) is 29.0 Å². The van der Waals surface area contributed by atoms with Crippen molar-refractivity contribution in [3.05, 3.63) is 71.0 Å². The summed E-state index contributed by atoms with van der Waals surface area (Å²) in [7, 11) is 0. The highest BCUT2D eigenvalue weighted by molar-refractivity contribution is 5.88. The van der Waals surface area contributed by atoms with Crippen LogP contribution in [0.15, 0.2) is 48.5 Å². The molecule has 28 heavy (non-hydrogen) atoms. The number of benzene rings is 2. The molecule has 2 aliphatic rings. The first-order chi connectivity index (χ1) is 13.6. The van der Waals surface area contributed by atoms with Gasteiger partial charge in [0.2, 0.25) is 11.8 Å². The Hall–Kier alpha value is -2.73. The number of rotatable bonds is 5. The molecule has 1 aliphatic carbocycles. The fourth-order valence-corrected chi connectivity index (χ4v) is 4.20. The van der Waals surface area contributed by atoms with Crippen LogP contribution >= 0.6 is 0 Å². The molecule has 0 bridgehead atoms. The van der Waals surface area contributed by atoms with Gasteiger partial charge in [-0.3, -0.25) is 14.5 Å². The van der Waals surface area contributed by atoms with Crippen molar-refractivity contribution < 1.29 is 14.0 Å². The monoisotopic (exact) mass is 381 g/mol. The van der Waals surface area contributed by atoms with Gasteiger partial charge < -0.3 is 10.6 Å². The van der Waals surface area contributed by atoms with E-state index in [1.807, 2.05) is 12.1 Å². The van der Waals surface area contributed by atoms with Crippen LogP contribution in [0.25, 0.3) is 0 Å². The minimum absolute atomic E-state index is 0.0841. The van der Waals surface area contributed by atoms with E-state index in [-0.39, 0.29) is 30.1 Å². The van der Waals surface area contributed by atoms with Gasteiger partial charge in [-0.25, -0.2) is 4.39 Å². The van der Waals surface area contributed by atoms with Gasteiger partial charge in [0.25, 0.3) is 0 Å². The molecule has 0 radical (unpaired) electrons. The average Bonchev–Trinajstić information content (AvgIpc) is 3.13. The van der Waals surface area contributed by atoms with Crippen molar-refractivity contribution >= 4 is 11.8 Å². The summed E-state index contributed by atoms with van der Waals surface area (Å²) in [5, 5.41) is 5.74. The zero-order valence-corrected chi connectivity index (χ0v) is 15.7. The van der Waals surface area contributed by atoms with Gasteiger partial charge in [-0.15, -0.1) is 0 Å². The first kappa shape index (κ1) is 18.6. The van der Waals surface area contributed by atoms with Gasteiger partial charge in [0.15, 0.2) is 0 Å². The molecule has 4 rings (SSSR count). The number of hydrogen-bond acceptors (Lipinski definition) is 3. The van der Waals surface area contributed by atoms with E-state index in [0.29, 0.717) is 13.1 Å². The summed E-state index contributed by atoms with van der Waals surface area (Å²) >= 11 is 0. The Bertz CT molecular complexity index is 843. The molecular formula is C22H24FN3O2. The van der Waals surface area contributed by atoms with Gasteiger partial charge in [0.05, 0.1) is 12.5 Å². The Balaban J connectivity index is 1.39. The van der Waals surface area contributed by atoms with Crippen LogP contribution in [0.4, 0.5) is 4.39 Å². The van der Waals surface area contributed by atoms with E-state index in [1.165, 1.54) is 23.3 Å². The highest BCUT2D eigenvalue weighted by Crippen LogP contribution is 2.28. The Morgan fingerprint density at radius 1 is 1.11 bits per heavy atom. The van der Waals surface area contributed by atoms with E-state index >= 15 is 0 Å². The second-order valence-electron chi connectivity index (χ2n) is 7.48. The molecule has 2 amide bonds. The third kappa shape index (κ3) is 4.07. The number of carbonyl (C=O) groups excluding carboxylic acids is 2.